The first kappa shape index (κ1) is 33.8. The van der Waals surface area contributed by atoms with Crippen molar-refractivity contribution in [2.45, 2.75) is 78.2 Å². The highest BCUT2D eigenvalue weighted by molar-refractivity contribution is 5.95. The van der Waals surface area contributed by atoms with Gasteiger partial charge in [-0.3, -0.25) is 9.89 Å². The number of allylic oxidation sites excluding steroid dienone is 6. The van der Waals surface area contributed by atoms with E-state index in [1.54, 1.807) is 6.08 Å². The third-order valence-electron chi connectivity index (χ3n) is 12.7. The highest BCUT2D eigenvalue weighted by atomic mass is 16.4. The van der Waals surface area contributed by atoms with Crippen LogP contribution in [0.3, 0.4) is 0 Å². The molecular weight excluding hydrogens is 663 g/mol. The maximum atomic E-state index is 12.8. The van der Waals surface area contributed by atoms with Gasteiger partial charge in [0.1, 0.15) is 11.6 Å². The van der Waals surface area contributed by atoms with E-state index in [4.69, 9.17) is 15.1 Å². The van der Waals surface area contributed by atoms with Crippen molar-refractivity contribution in [3.8, 4) is 0 Å². The summed E-state index contributed by atoms with van der Waals surface area (Å²) in [6.45, 7) is 10.9. The molecule has 3 aromatic heterocycles. The topological polar surface area (TPSA) is 127 Å². The summed E-state index contributed by atoms with van der Waals surface area (Å²) >= 11 is 0. The van der Waals surface area contributed by atoms with E-state index in [1.165, 1.54) is 48.2 Å². The van der Waals surface area contributed by atoms with Gasteiger partial charge >= 0.3 is 5.97 Å². The number of piperidine rings is 2. The van der Waals surface area contributed by atoms with Gasteiger partial charge in [0.05, 0.1) is 11.7 Å². The van der Waals surface area contributed by atoms with Gasteiger partial charge in [0.25, 0.3) is 0 Å². The number of aryl methyl sites for hydroxylation is 3. The second kappa shape index (κ2) is 13.5. The maximum absolute atomic E-state index is 12.8. The summed E-state index contributed by atoms with van der Waals surface area (Å²) < 4.78 is 0. The van der Waals surface area contributed by atoms with Crippen molar-refractivity contribution in [2.24, 2.45) is 23.7 Å². The van der Waals surface area contributed by atoms with Crippen molar-refractivity contribution in [3.05, 3.63) is 110 Å². The Morgan fingerprint density at radius 2 is 1.30 bits per heavy atom. The third-order valence-corrected chi connectivity index (χ3v) is 12.7. The minimum absolute atomic E-state index is 0.0213. The zero-order chi connectivity index (χ0) is 36.4. The lowest BCUT2D eigenvalue weighted by Gasteiger charge is -2.20. The predicted molar refractivity (Wildman–Crippen MR) is 205 cm³/mol. The van der Waals surface area contributed by atoms with Crippen molar-refractivity contribution >= 4 is 23.5 Å². The minimum atomic E-state index is -0.816. The Hall–Kier alpha value is -4.99. The highest BCUT2D eigenvalue weighted by Gasteiger charge is 2.46. The quantitative estimate of drug-likeness (QED) is 0.239. The smallest absolute Gasteiger partial charge is 0.331 e. The molecule has 1 amide bonds. The lowest BCUT2D eigenvalue weighted by Crippen LogP contribution is -2.28. The van der Waals surface area contributed by atoms with Crippen LogP contribution in [0.2, 0.25) is 0 Å². The molecule has 4 fully saturated rings. The summed E-state index contributed by atoms with van der Waals surface area (Å²) in [6.07, 6.45) is 15.4. The van der Waals surface area contributed by atoms with Crippen LogP contribution in [-0.2, 0) is 28.9 Å². The number of anilines is 2. The van der Waals surface area contributed by atoms with Gasteiger partial charge in [0.15, 0.2) is 0 Å². The van der Waals surface area contributed by atoms with Crippen LogP contribution in [0.4, 0.5) is 11.6 Å². The Morgan fingerprint density at radius 3 is 1.81 bits per heavy atom. The number of carbonyl (C=O) groups excluding carboxylic acids is 1. The number of nitrogens with one attached hydrogen (secondary N) is 2. The van der Waals surface area contributed by atoms with E-state index in [9.17, 15) is 9.59 Å². The van der Waals surface area contributed by atoms with E-state index in [0.29, 0.717) is 18.4 Å². The van der Waals surface area contributed by atoms with E-state index < -0.39 is 5.97 Å². The van der Waals surface area contributed by atoms with Crippen molar-refractivity contribution in [1.82, 2.24) is 25.5 Å². The van der Waals surface area contributed by atoms with Crippen molar-refractivity contribution in [2.75, 3.05) is 36.0 Å². The fourth-order valence-corrected chi connectivity index (χ4v) is 9.14. The lowest BCUT2D eigenvalue weighted by molar-refractivity contribution is -0.132. The van der Waals surface area contributed by atoms with Crippen molar-refractivity contribution < 1.29 is 14.7 Å². The largest absolute Gasteiger partial charge is 0.478 e. The molecule has 2 saturated carbocycles. The second-order valence-corrected chi connectivity index (χ2v) is 16.5. The number of aromatic nitrogens is 4. The normalized spacial score (nSPS) is 25.8. The van der Waals surface area contributed by atoms with E-state index in [-0.39, 0.29) is 11.9 Å². The summed E-state index contributed by atoms with van der Waals surface area (Å²) in [5.74, 6) is 5.07. The van der Waals surface area contributed by atoms with Gasteiger partial charge in [-0.05, 0) is 118 Å². The van der Waals surface area contributed by atoms with Gasteiger partial charge in [-0.1, -0.05) is 47.6 Å². The molecule has 4 unspecified atom stereocenters. The van der Waals surface area contributed by atoms with Crippen LogP contribution >= 0.6 is 0 Å². The standard InChI is InChI=1S/C25H29N5O.C18H20N2O2/c1-14-17(5-8-23(26-14)30-12-19-11-20(19)13-30)9-16-3-4-18(10-16)25(31)27-22-7-6-21-15(2)28-29-24(21)22;1-11-13(6-12-2-3-14(7-12)18(21)22)4-5-17(19-11)20-9-15-8-16(15)10-20/h3-5,8,19-20,22H,6-7,9-13H2,1-2H3,(H,27,31)(H,28,29);2-5,15-16H,6-10H2,1H3,(H,21,22)/t19?,20?,22-;/m1./s1. The molecule has 10 rings (SSSR count). The summed E-state index contributed by atoms with van der Waals surface area (Å²) in [5, 5.41) is 19.6. The number of pyridine rings is 2. The number of carboxylic acids is 1. The zero-order valence-corrected chi connectivity index (χ0v) is 31.0. The molecule has 0 radical (unpaired) electrons. The first-order chi connectivity index (χ1) is 25.6. The average molecular weight is 712 g/mol. The summed E-state index contributed by atoms with van der Waals surface area (Å²) in [4.78, 5) is 38.3. The Labute approximate surface area is 311 Å². The molecule has 5 heterocycles. The number of hydrogen-bond donors (Lipinski definition) is 3. The molecule has 10 nitrogen and oxygen atoms in total. The number of carbonyl (C=O) groups is 2. The number of aliphatic carboxylic acids is 1. The van der Waals surface area contributed by atoms with Crippen LogP contribution in [0.15, 0.2) is 70.9 Å². The molecule has 0 spiro atoms. The Bertz CT molecular complexity index is 2100. The number of H-pyrrole nitrogens is 1. The Balaban J connectivity index is 0.000000149. The second-order valence-electron chi connectivity index (χ2n) is 16.5. The fraction of sp³-hybridized carbons (Fsp3) is 0.465. The van der Waals surface area contributed by atoms with Gasteiger partial charge in [0, 0.05) is 60.8 Å². The number of carboxylic acid groups (broad SMARTS) is 1. The van der Waals surface area contributed by atoms with Crippen LogP contribution in [-0.4, -0.2) is 63.3 Å². The maximum Gasteiger partial charge on any atom is 0.331 e. The molecule has 3 N–H and O–H groups in total. The third kappa shape index (κ3) is 6.96. The average Bonchev–Trinajstić information content (AvgIpc) is 3.61. The van der Waals surface area contributed by atoms with Crippen LogP contribution in [0.1, 0.15) is 77.6 Å². The summed E-state index contributed by atoms with van der Waals surface area (Å²) in [5.41, 5.74) is 11.7. The van der Waals surface area contributed by atoms with E-state index in [1.807, 2.05) is 19.1 Å². The van der Waals surface area contributed by atoms with Gasteiger partial charge in [-0.2, -0.15) is 5.10 Å². The Morgan fingerprint density at radius 1 is 0.774 bits per heavy atom. The van der Waals surface area contributed by atoms with E-state index in [0.717, 1.165) is 108 Å². The van der Waals surface area contributed by atoms with Gasteiger partial charge in [-0.25, -0.2) is 14.8 Å². The molecule has 5 aliphatic carbocycles. The lowest BCUT2D eigenvalue weighted by atomic mass is 10.0. The molecule has 0 aromatic carbocycles. The molecule has 10 heteroatoms. The first-order valence-electron chi connectivity index (χ1n) is 19.4. The molecule has 274 valence electrons. The highest BCUT2D eigenvalue weighted by Crippen LogP contribution is 2.47. The minimum Gasteiger partial charge on any atom is -0.478 e. The van der Waals surface area contributed by atoms with Crippen LogP contribution in [0, 0.1) is 44.4 Å². The Kier molecular flexibility index (Phi) is 8.58. The van der Waals surface area contributed by atoms with Crippen LogP contribution in [0.25, 0.3) is 0 Å². The SMILES string of the molecule is Cc1nc(N2CC3CC3C2)ccc1CC1=CC=C(C(=O)N[C@@H]2CCc3c2n[nH]c3C)C1.Cc1nc(N2CC3CC3C2)ccc1CC1=CC=C(C(=O)O)C1. The van der Waals surface area contributed by atoms with E-state index in [2.05, 4.69) is 69.5 Å². The molecule has 3 aromatic rings. The molecule has 2 aliphatic heterocycles. The van der Waals surface area contributed by atoms with Crippen molar-refractivity contribution in [3.63, 3.8) is 0 Å². The van der Waals surface area contributed by atoms with Gasteiger partial charge < -0.3 is 20.2 Å². The number of amides is 1. The zero-order valence-electron chi connectivity index (χ0n) is 31.0. The van der Waals surface area contributed by atoms with Gasteiger partial charge in [-0.15, -0.1) is 0 Å². The molecule has 53 heavy (non-hydrogen) atoms. The van der Waals surface area contributed by atoms with Crippen LogP contribution in [0.5, 0.6) is 0 Å². The first-order valence-corrected chi connectivity index (χ1v) is 19.4. The number of nitrogens with zero attached hydrogens (tertiary/aromatic N) is 5. The molecule has 5 atom stereocenters. The monoisotopic (exact) mass is 711 g/mol. The summed E-state index contributed by atoms with van der Waals surface area (Å²) in [6, 6.07) is 8.69. The molecule has 2 saturated heterocycles. The van der Waals surface area contributed by atoms with Crippen LogP contribution < -0.4 is 15.1 Å². The van der Waals surface area contributed by atoms with E-state index >= 15 is 0 Å². The molecule has 0 bridgehead atoms. The number of hydrogen-bond acceptors (Lipinski definition) is 7. The van der Waals surface area contributed by atoms with Crippen molar-refractivity contribution in [1.29, 1.82) is 0 Å². The molecule has 7 aliphatic rings. The fourth-order valence-electron chi connectivity index (χ4n) is 9.14. The number of rotatable bonds is 9. The predicted octanol–water partition coefficient (Wildman–Crippen LogP) is 6.21. The number of aromatic amines is 1. The van der Waals surface area contributed by atoms with Gasteiger partial charge in [0.2, 0.25) is 5.91 Å². The molecular formula is C43H49N7O3. The number of fused-ring (bicyclic) bond motifs is 3. The summed E-state index contributed by atoms with van der Waals surface area (Å²) in [7, 11) is 0.